The molecule has 1 amide bonds. The summed E-state index contributed by atoms with van der Waals surface area (Å²) in [5.41, 5.74) is 0.522. The number of nitrogens with zero attached hydrogens (tertiary/aromatic N) is 2. The van der Waals surface area contributed by atoms with Crippen LogP contribution in [0, 0.1) is 5.82 Å². The fourth-order valence-electron chi connectivity index (χ4n) is 3.29. The predicted octanol–water partition coefficient (Wildman–Crippen LogP) is 2.95. The smallest absolute Gasteiger partial charge is 0.243 e. The van der Waals surface area contributed by atoms with Crippen molar-refractivity contribution in [3.05, 3.63) is 54.3 Å². The van der Waals surface area contributed by atoms with Crippen LogP contribution in [0.1, 0.15) is 19.8 Å². The van der Waals surface area contributed by atoms with Crippen molar-refractivity contribution in [2.45, 2.75) is 30.7 Å². The van der Waals surface area contributed by atoms with Gasteiger partial charge in [0.2, 0.25) is 15.9 Å². The van der Waals surface area contributed by atoms with Gasteiger partial charge in [0, 0.05) is 25.3 Å². The van der Waals surface area contributed by atoms with E-state index in [0.29, 0.717) is 25.3 Å². The van der Waals surface area contributed by atoms with Gasteiger partial charge in [-0.1, -0.05) is 12.1 Å². The third-order valence-electron chi connectivity index (χ3n) is 5.40. The van der Waals surface area contributed by atoms with Crippen LogP contribution in [0.15, 0.2) is 53.4 Å². The van der Waals surface area contributed by atoms with Crippen molar-refractivity contribution in [3.8, 4) is 5.75 Å². The summed E-state index contributed by atoms with van der Waals surface area (Å²) in [6, 6.07) is 11.9. The molecule has 1 aliphatic rings. The van der Waals surface area contributed by atoms with Crippen LogP contribution in [0.25, 0.3) is 0 Å². The lowest BCUT2D eigenvalue weighted by Crippen LogP contribution is -2.41. The molecule has 0 saturated carbocycles. The summed E-state index contributed by atoms with van der Waals surface area (Å²) in [5.74, 6) is -0.480. The molecule has 168 valence electrons. The van der Waals surface area contributed by atoms with Crippen molar-refractivity contribution in [1.82, 2.24) is 9.21 Å². The van der Waals surface area contributed by atoms with Crippen molar-refractivity contribution in [2.24, 2.45) is 0 Å². The number of rotatable bonds is 9. The Labute approximate surface area is 182 Å². The molecule has 1 aliphatic heterocycles. The lowest BCUT2D eigenvalue weighted by molar-refractivity contribution is -0.120. The standard InChI is InChI=1S/C22H28FN3O4S/c1-17(25(2)15-16-30-21-8-4-3-7-20(21)23)22(27)24-18-9-11-19(12-10-18)31(28,29)26-13-5-6-14-26/h3-4,7-12,17H,5-6,13-16H2,1-2H3,(H,24,27)/t17-/m0/s1. The van der Waals surface area contributed by atoms with Crippen molar-refractivity contribution in [2.75, 3.05) is 38.6 Å². The summed E-state index contributed by atoms with van der Waals surface area (Å²) in [7, 11) is -1.70. The highest BCUT2D eigenvalue weighted by Crippen LogP contribution is 2.22. The van der Waals surface area contributed by atoms with Gasteiger partial charge in [0.15, 0.2) is 11.6 Å². The molecule has 0 aromatic heterocycles. The Bertz CT molecular complexity index is 992. The van der Waals surface area contributed by atoms with E-state index >= 15 is 0 Å². The summed E-state index contributed by atoms with van der Waals surface area (Å²) >= 11 is 0. The highest BCUT2D eigenvalue weighted by molar-refractivity contribution is 7.89. The summed E-state index contributed by atoms with van der Waals surface area (Å²) in [4.78, 5) is 14.6. The number of ether oxygens (including phenoxy) is 1. The van der Waals surface area contributed by atoms with Crippen LogP contribution in [-0.2, 0) is 14.8 Å². The zero-order chi connectivity index (χ0) is 22.4. The third kappa shape index (κ3) is 5.81. The Morgan fingerprint density at radius 3 is 2.45 bits per heavy atom. The Hall–Kier alpha value is -2.49. The van der Waals surface area contributed by atoms with Crippen LogP contribution in [-0.4, -0.2) is 62.9 Å². The molecule has 9 heteroatoms. The molecule has 1 N–H and O–H groups in total. The maximum Gasteiger partial charge on any atom is 0.243 e. The van der Waals surface area contributed by atoms with Crippen molar-refractivity contribution in [3.63, 3.8) is 0 Å². The van der Waals surface area contributed by atoms with E-state index < -0.39 is 21.9 Å². The first-order valence-electron chi connectivity index (χ1n) is 10.3. The van der Waals surface area contributed by atoms with Gasteiger partial charge >= 0.3 is 0 Å². The van der Waals surface area contributed by atoms with E-state index in [2.05, 4.69) is 5.32 Å². The van der Waals surface area contributed by atoms with E-state index in [1.54, 1.807) is 49.2 Å². The van der Waals surface area contributed by atoms with Gasteiger partial charge in [0.1, 0.15) is 6.61 Å². The molecule has 0 unspecified atom stereocenters. The van der Waals surface area contributed by atoms with Crippen LogP contribution in [0.2, 0.25) is 0 Å². The summed E-state index contributed by atoms with van der Waals surface area (Å²) in [6.07, 6.45) is 1.76. The zero-order valence-corrected chi connectivity index (χ0v) is 18.6. The normalized spacial score (nSPS) is 15.7. The maximum atomic E-state index is 13.6. The van der Waals surface area contributed by atoms with Crippen LogP contribution >= 0.6 is 0 Å². The average molecular weight is 450 g/mol. The third-order valence-corrected chi connectivity index (χ3v) is 7.32. The molecule has 1 fully saturated rings. The first-order valence-corrected chi connectivity index (χ1v) is 11.7. The maximum absolute atomic E-state index is 13.6. The fraction of sp³-hybridized carbons (Fsp3) is 0.409. The number of carbonyl (C=O) groups excluding carboxylic acids is 1. The molecule has 1 saturated heterocycles. The van der Waals surface area contributed by atoms with Gasteiger partial charge in [-0.15, -0.1) is 0 Å². The topological polar surface area (TPSA) is 79.0 Å². The quantitative estimate of drug-likeness (QED) is 0.637. The Morgan fingerprint density at radius 2 is 1.81 bits per heavy atom. The highest BCUT2D eigenvalue weighted by Gasteiger charge is 2.27. The molecule has 2 aromatic carbocycles. The Balaban J connectivity index is 1.51. The minimum atomic E-state index is -3.48. The number of halogens is 1. The number of hydrogen-bond acceptors (Lipinski definition) is 5. The highest BCUT2D eigenvalue weighted by atomic mass is 32.2. The molecule has 0 aliphatic carbocycles. The number of amides is 1. The molecule has 3 rings (SSSR count). The Kier molecular flexibility index (Phi) is 7.64. The second-order valence-corrected chi connectivity index (χ2v) is 9.50. The number of likely N-dealkylation sites (N-methyl/N-ethyl adjacent to an activating group) is 1. The van der Waals surface area contributed by atoms with E-state index in [4.69, 9.17) is 4.74 Å². The van der Waals surface area contributed by atoms with E-state index in [1.165, 1.54) is 22.5 Å². The minimum Gasteiger partial charge on any atom is -0.489 e. The summed E-state index contributed by atoms with van der Waals surface area (Å²) < 4.78 is 45.7. The van der Waals surface area contributed by atoms with E-state index in [0.717, 1.165) is 12.8 Å². The molecule has 7 nitrogen and oxygen atoms in total. The molecule has 0 spiro atoms. The molecular formula is C22H28FN3O4S. The van der Waals surface area contributed by atoms with Crippen LogP contribution < -0.4 is 10.1 Å². The number of sulfonamides is 1. The molecule has 1 heterocycles. The van der Waals surface area contributed by atoms with Gasteiger partial charge in [-0.3, -0.25) is 9.69 Å². The first kappa shape index (κ1) is 23.2. The van der Waals surface area contributed by atoms with E-state index in [-0.39, 0.29) is 23.2 Å². The second kappa shape index (κ2) is 10.2. The molecule has 2 aromatic rings. The fourth-order valence-corrected chi connectivity index (χ4v) is 4.81. The van der Waals surface area contributed by atoms with Crippen molar-refractivity contribution in [1.29, 1.82) is 0 Å². The average Bonchev–Trinajstić information content (AvgIpc) is 3.31. The van der Waals surface area contributed by atoms with Crippen LogP contribution in [0.4, 0.5) is 10.1 Å². The summed E-state index contributed by atoms with van der Waals surface area (Å²) in [6.45, 7) is 3.51. The van der Waals surface area contributed by atoms with Gasteiger partial charge in [-0.25, -0.2) is 12.8 Å². The largest absolute Gasteiger partial charge is 0.489 e. The van der Waals surface area contributed by atoms with Gasteiger partial charge in [0.05, 0.1) is 10.9 Å². The molecule has 0 bridgehead atoms. The molecule has 0 radical (unpaired) electrons. The number of carbonyl (C=O) groups is 1. The van der Waals surface area contributed by atoms with Gasteiger partial charge in [-0.2, -0.15) is 4.31 Å². The summed E-state index contributed by atoms with van der Waals surface area (Å²) in [5, 5.41) is 2.80. The number of nitrogens with one attached hydrogen (secondary N) is 1. The monoisotopic (exact) mass is 449 g/mol. The lowest BCUT2D eigenvalue weighted by atomic mass is 10.2. The zero-order valence-electron chi connectivity index (χ0n) is 17.8. The minimum absolute atomic E-state index is 0.178. The van der Waals surface area contributed by atoms with E-state index in [1.807, 2.05) is 0 Å². The van der Waals surface area contributed by atoms with E-state index in [9.17, 15) is 17.6 Å². The first-order chi connectivity index (χ1) is 14.8. The van der Waals surface area contributed by atoms with Crippen LogP contribution in [0.5, 0.6) is 5.75 Å². The second-order valence-electron chi connectivity index (χ2n) is 7.56. The van der Waals surface area contributed by atoms with Gasteiger partial charge < -0.3 is 10.1 Å². The lowest BCUT2D eigenvalue weighted by Gasteiger charge is -2.24. The molecule has 1 atom stereocenters. The van der Waals surface area contributed by atoms with Crippen molar-refractivity contribution < 1.29 is 22.3 Å². The van der Waals surface area contributed by atoms with Gasteiger partial charge in [-0.05, 0) is 63.2 Å². The number of anilines is 1. The number of hydrogen-bond donors (Lipinski definition) is 1. The van der Waals surface area contributed by atoms with Crippen LogP contribution in [0.3, 0.4) is 0 Å². The predicted molar refractivity (Wildman–Crippen MR) is 117 cm³/mol. The molecule has 31 heavy (non-hydrogen) atoms. The van der Waals surface area contributed by atoms with Crippen molar-refractivity contribution >= 4 is 21.6 Å². The number of benzene rings is 2. The Morgan fingerprint density at radius 1 is 1.16 bits per heavy atom. The number of para-hydroxylation sites is 1. The SMILES string of the molecule is C[C@@H](C(=O)Nc1ccc(S(=O)(=O)N2CCCC2)cc1)N(C)CCOc1ccccc1F. The van der Waals surface area contributed by atoms with Gasteiger partial charge in [0.25, 0.3) is 0 Å². The molecular weight excluding hydrogens is 421 g/mol.